The summed E-state index contributed by atoms with van der Waals surface area (Å²) in [4.78, 5) is 6.92. The Morgan fingerprint density at radius 3 is 2.86 bits per heavy atom. The molecule has 1 aromatic heterocycles. The van der Waals surface area contributed by atoms with Gasteiger partial charge in [-0.25, -0.2) is 4.98 Å². The third kappa shape index (κ3) is 2.94. The Balaban J connectivity index is 1.58. The number of methoxy groups -OCH3 is 2. The molecule has 0 aromatic carbocycles. The molecule has 0 spiro atoms. The summed E-state index contributed by atoms with van der Waals surface area (Å²) >= 11 is 0. The quantitative estimate of drug-likeness (QED) is 0.808. The van der Waals surface area contributed by atoms with E-state index in [2.05, 4.69) is 27.6 Å². The number of rotatable bonds is 6. The van der Waals surface area contributed by atoms with Crippen molar-refractivity contribution in [3.8, 4) is 0 Å². The molecule has 3 atom stereocenters. The molecule has 1 saturated heterocycles. The second kappa shape index (κ2) is 6.69. The Morgan fingerprint density at radius 2 is 2.18 bits per heavy atom. The molecular formula is C17H29N3O2. The molecule has 1 saturated carbocycles. The number of aryl methyl sites for hydroxylation is 2. The molecule has 1 aliphatic heterocycles. The summed E-state index contributed by atoms with van der Waals surface area (Å²) in [6, 6.07) is 0.514. The molecule has 5 heteroatoms. The molecule has 22 heavy (non-hydrogen) atoms. The summed E-state index contributed by atoms with van der Waals surface area (Å²) < 4.78 is 13.8. The number of hydrogen-bond acceptors (Lipinski definition) is 4. The van der Waals surface area contributed by atoms with Gasteiger partial charge in [0, 0.05) is 52.3 Å². The number of imidazole rings is 1. The maximum Gasteiger partial charge on any atom is 0.105 e. The molecule has 1 aromatic rings. The average Bonchev–Trinajstić information content (AvgIpc) is 3.12. The highest BCUT2D eigenvalue weighted by Gasteiger charge is 2.50. The van der Waals surface area contributed by atoms with Crippen molar-refractivity contribution in [3.05, 3.63) is 18.2 Å². The van der Waals surface area contributed by atoms with Crippen LogP contribution in [0.25, 0.3) is 0 Å². The van der Waals surface area contributed by atoms with Crippen LogP contribution in [0.2, 0.25) is 0 Å². The lowest BCUT2D eigenvalue weighted by molar-refractivity contribution is -0.0938. The van der Waals surface area contributed by atoms with Crippen LogP contribution >= 0.6 is 0 Å². The van der Waals surface area contributed by atoms with E-state index in [1.165, 1.54) is 0 Å². The Kier molecular flexibility index (Phi) is 4.85. The molecule has 2 heterocycles. The monoisotopic (exact) mass is 307 g/mol. The smallest absolute Gasteiger partial charge is 0.105 e. The van der Waals surface area contributed by atoms with Gasteiger partial charge in [-0.05, 0) is 39.0 Å². The number of fused-ring (bicyclic) bond motifs is 1. The van der Waals surface area contributed by atoms with E-state index in [4.69, 9.17) is 9.47 Å². The summed E-state index contributed by atoms with van der Waals surface area (Å²) in [5, 5.41) is 0. The van der Waals surface area contributed by atoms with Crippen LogP contribution in [-0.2, 0) is 16.0 Å². The highest BCUT2D eigenvalue weighted by Crippen LogP contribution is 2.42. The minimum absolute atomic E-state index is 0.0694. The second-order valence-corrected chi connectivity index (χ2v) is 6.72. The van der Waals surface area contributed by atoms with Crippen LogP contribution in [0, 0.1) is 6.92 Å². The Hall–Kier alpha value is -0.910. The topological polar surface area (TPSA) is 39.5 Å². The van der Waals surface area contributed by atoms with Gasteiger partial charge in [-0.2, -0.15) is 0 Å². The second-order valence-electron chi connectivity index (χ2n) is 6.72. The van der Waals surface area contributed by atoms with Crippen molar-refractivity contribution in [1.29, 1.82) is 0 Å². The van der Waals surface area contributed by atoms with E-state index in [0.717, 1.165) is 57.6 Å². The first-order valence-corrected chi connectivity index (χ1v) is 8.48. The zero-order chi connectivity index (χ0) is 15.6. The van der Waals surface area contributed by atoms with Crippen molar-refractivity contribution in [2.24, 2.45) is 0 Å². The van der Waals surface area contributed by atoms with E-state index in [1.54, 1.807) is 0 Å². The first-order valence-electron chi connectivity index (χ1n) is 8.48. The summed E-state index contributed by atoms with van der Waals surface area (Å²) in [7, 11) is 3.73. The molecule has 0 unspecified atom stereocenters. The van der Waals surface area contributed by atoms with Crippen LogP contribution in [0.3, 0.4) is 0 Å². The summed E-state index contributed by atoms with van der Waals surface area (Å²) in [5.41, 5.74) is 0.0694. The maximum atomic E-state index is 5.98. The molecule has 0 radical (unpaired) electrons. The molecule has 2 fully saturated rings. The summed E-state index contributed by atoms with van der Waals surface area (Å²) in [5.74, 6) is 1.10. The Bertz CT molecular complexity index is 490. The highest BCUT2D eigenvalue weighted by molar-refractivity contribution is 5.05. The lowest BCUT2D eigenvalue weighted by atomic mass is 9.79. The van der Waals surface area contributed by atoms with Gasteiger partial charge in [-0.15, -0.1) is 0 Å². The number of ether oxygens (including phenoxy) is 2. The predicted molar refractivity (Wildman–Crippen MR) is 85.9 cm³/mol. The van der Waals surface area contributed by atoms with Crippen molar-refractivity contribution >= 4 is 0 Å². The van der Waals surface area contributed by atoms with Crippen molar-refractivity contribution in [2.45, 2.75) is 63.3 Å². The van der Waals surface area contributed by atoms with Gasteiger partial charge in [0.1, 0.15) is 5.82 Å². The Labute approximate surface area is 133 Å². The van der Waals surface area contributed by atoms with Gasteiger partial charge < -0.3 is 14.0 Å². The van der Waals surface area contributed by atoms with Crippen LogP contribution in [-0.4, -0.2) is 59.5 Å². The van der Waals surface area contributed by atoms with Gasteiger partial charge in [-0.1, -0.05) is 0 Å². The molecular weight excluding hydrogens is 278 g/mol. The first-order chi connectivity index (χ1) is 10.7. The molecule has 124 valence electrons. The predicted octanol–water partition coefficient (Wildman–Crippen LogP) is 2.24. The number of aromatic nitrogens is 2. The van der Waals surface area contributed by atoms with E-state index in [1.807, 2.05) is 20.4 Å². The summed E-state index contributed by atoms with van der Waals surface area (Å²) in [6.07, 6.45) is 10.0. The number of nitrogens with zero attached hydrogens (tertiary/aromatic N) is 3. The van der Waals surface area contributed by atoms with Gasteiger partial charge in [0.25, 0.3) is 0 Å². The SMILES string of the molecule is CO[C@H]1CC[C@@]2(OC)CCN(CCCn3ccnc3C)[C@H]2C1. The zero-order valence-corrected chi connectivity index (χ0v) is 14.1. The summed E-state index contributed by atoms with van der Waals surface area (Å²) in [6.45, 7) is 5.39. The normalized spacial score (nSPS) is 32.3. The molecule has 0 bridgehead atoms. The van der Waals surface area contributed by atoms with Gasteiger partial charge in [0.05, 0.1) is 11.7 Å². The van der Waals surface area contributed by atoms with E-state index in [-0.39, 0.29) is 5.60 Å². The van der Waals surface area contributed by atoms with Crippen LogP contribution in [0.15, 0.2) is 12.4 Å². The van der Waals surface area contributed by atoms with E-state index < -0.39 is 0 Å². The van der Waals surface area contributed by atoms with Crippen molar-refractivity contribution in [2.75, 3.05) is 27.3 Å². The molecule has 0 N–H and O–H groups in total. The Morgan fingerprint density at radius 1 is 1.32 bits per heavy atom. The van der Waals surface area contributed by atoms with E-state index in [0.29, 0.717) is 12.1 Å². The third-order valence-corrected chi connectivity index (χ3v) is 5.75. The molecule has 0 amide bonds. The fourth-order valence-electron chi connectivity index (χ4n) is 4.32. The van der Waals surface area contributed by atoms with Crippen LogP contribution in [0.1, 0.15) is 37.9 Å². The standard InChI is InChI=1S/C17H29N3O2/c1-14-18-8-12-19(14)9-4-10-20-11-7-17(22-3)6-5-15(21-2)13-16(17)20/h8,12,15-16H,4-7,9-11,13H2,1-3H3/t15-,16-,17+/m0/s1. The first kappa shape index (κ1) is 16.0. The minimum Gasteiger partial charge on any atom is -0.381 e. The molecule has 5 nitrogen and oxygen atoms in total. The fraction of sp³-hybridized carbons (Fsp3) is 0.824. The zero-order valence-electron chi connectivity index (χ0n) is 14.1. The number of hydrogen-bond donors (Lipinski definition) is 0. The van der Waals surface area contributed by atoms with Gasteiger partial charge in [0.2, 0.25) is 0 Å². The molecule has 2 aliphatic rings. The van der Waals surface area contributed by atoms with E-state index >= 15 is 0 Å². The lowest BCUT2D eigenvalue weighted by Gasteiger charge is -2.43. The number of likely N-dealkylation sites (tertiary alicyclic amines) is 1. The molecule has 3 rings (SSSR count). The molecule has 1 aliphatic carbocycles. The lowest BCUT2D eigenvalue weighted by Crippen LogP contribution is -2.51. The fourth-order valence-corrected chi connectivity index (χ4v) is 4.32. The van der Waals surface area contributed by atoms with Crippen LogP contribution in [0.4, 0.5) is 0 Å². The van der Waals surface area contributed by atoms with Gasteiger partial charge in [-0.3, -0.25) is 4.90 Å². The average molecular weight is 307 g/mol. The van der Waals surface area contributed by atoms with Crippen molar-refractivity contribution in [3.63, 3.8) is 0 Å². The minimum atomic E-state index is 0.0694. The highest BCUT2D eigenvalue weighted by atomic mass is 16.5. The van der Waals surface area contributed by atoms with Gasteiger partial charge in [0.15, 0.2) is 0 Å². The van der Waals surface area contributed by atoms with Gasteiger partial charge >= 0.3 is 0 Å². The van der Waals surface area contributed by atoms with Crippen molar-refractivity contribution < 1.29 is 9.47 Å². The third-order valence-electron chi connectivity index (χ3n) is 5.75. The maximum absolute atomic E-state index is 5.98. The largest absolute Gasteiger partial charge is 0.381 e. The van der Waals surface area contributed by atoms with E-state index in [9.17, 15) is 0 Å². The van der Waals surface area contributed by atoms with Crippen molar-refractivity contribution in [1.82, 2.24) is 14.5 Å². The van der Waals surface area contributed by atoms with Crippen LogP contribution < -0.4 is 0 Å². The van der Waals surface area contributed by atoms with Crippen LogP contribution in [0.5, 0.6) is 0 Å².